The van der Waals surface area contributed by atoms with Gasteiger partial charge in [0.15, 0.2) is 5.82 Å². The number of halogens is 4. The molecular formula is C8H2BrClF2N2O. The van der Waals surface area contributed by atoms with Crippen LogP contribution in [0.15, 0.2) is 15.3 Å². The van der Waals surface area contributed by atoms with Crippen LogP contribution in [0.1, 0.15) is 0 Å². The van der Waals surface area contributed by atoms with Gasteiger partial charge in [0, 0.05) is 0 Å². The number of aromatic nitrogens is 2. The van der Waals surface area contributed by atoms with Gasteiger partial charge >= 0.3 is 0 Å². The van der Waals surface area contributed by atoms with E-state index in [4.69, 9.17) is 11.6 Å². The van der Waals surface area contributed by atoms with E-state index in [2.05, 4.69) is 25.9 Å². The van der Waals surface area contributed by atoms with Crippen molar-refractivity contribution in [3.8, 4) is 0 Å². The Bertz CT molecular complexity index is 614. The predicted molar refractivity (Wildman–Crippen MR) is 55.0 cm³/mol. The third-order valence-electron chi connectivity index (χ3n) is 1.80. The summed E-state index contributed by atoms with van der Waals surface area (Å²) in [7, 11) is 0. The summed E-state index contributed by atoms with van der Waals surface area (Å²) < 4.78 is 26.7. The van der Waals surface area contributed by atoms with Crippen molar-refractivity contribution in [2.45, 2.75) is 0 Å². The van der Waals surface area contributed by atoms with Crippen LogP contribution in [0.2, 0.25) is 5.28 Å². The highest BCUT2D eigenvalue weighted by Crippen LogP contribution is 2.24. The summed E-state index contributed by atoms with van der Waals surface area (Å²) in [5.74, 6) is -1.68. The van der Waals surface area contributed by atoms with E-state index in [1.165, 1.54) is 0 Å². The van der Waals surface area contributed by atoms with Gasteiger partial charge in [0.2, 0.25) is 5.28 Å². The highest BCUT2D eigenvalue weighted by atomic mass is 79.9. The Balaban J connectivity index is 3.10. The van der Waals surface area contributed by atoms with E-state index in [1.54, 1.807) is 0 Å². The van der Waals surface area contributed by atoms with Crippen molar-refractivity contribution in [3.63, 3.8) is 0 Å². The van der Waals surface area contributed by atoms with Crippen molar-refractivity contribution in [3.05, 3.63) is 37.8 Å². The molecule has 0 fully saturated rings. The molecule has 0 saturated carbocycles. The zero-order valence-electron chi connectivity index (χ0n) is 6.94. The quantitative estimate of drug-likeness (QED) is 0.600. The summed E-state index contributed by atoms with van der Waals surface area (Å²) in [5.41, 5.74) is -1.20. The number of hydrogen-bond donors (Lipinski definition) is 1. The van der Waals surface area contributed by atoms with E-state index >= 15 is 0 Å². The molecule has 1 N–H and O–H groups in total. The zero-order valence-corrected chi connectivity index (χ0v) is 9.29. The van der Waals surface area contributed by atoms with Crippen LogP contribution in [0.5, 0.6) is 0 Å². The normalized spacial score (nSPS) is 10.9. The van der Waals surface area contributed by atoms with Gasteiger partial charge < -0.3 is 0 Å². The first-order chi connectivity index (χ1) is 7.00. The fourth-order valence-electron chi connectivity index (χ4n) is 1.19. The Morgan fingerprint density at radius 2 is 2.13 bits per heavy atom. The van der Waals surface area contributed by atoms with Crippen LogP contribution >= 0.6 is 27.5 Å². The average molecular weight is 295 g/mol. The van der Waals surface area contributed by atoms with Crippen LogP contribution in [0.25, 0.3) is 10.9 Å². The van der Waals surface area contributed by atoms with Crippen LogP contribution in [0, 0.1) is 11.6 Å². The van der Waals surface area contributed by atoms with Gasteiger partial charge in [0.25, 0.3) is 5.56 Å². The van der Waals surface area contributed by atoms with Crippen LogP contribution in [-0.4, -0.2) is 9.97 Å². The molecule has 0 saturated heterocycles. The molecule has 0 radical (unpaired) electrons. The maximum atomic E-state index is 13.5. The van der Waals surface area contributed by atoms with Gasteiger partial charge in [-0.2, -0.15) is 0 Å². The first-order valence-corrected chi connectivity index (χ1v) is 4.91. The first kappa shape index (κ1) is 10.5. The maximum Gasteiger partial charge on any atom is 0.262 e. The standard InChI is InChI=1S/C8H2BrClF2N2O/c9-2-1-3(11)4-6(5(2)12)13-8(10)14-7(4)15/h1H,(H,13,14,15). The second-order valence-corrected chi connectivity index (χ2v) is 3.95. The topological polar surface area (TPSA) is 45.8 Å². The van der Waals surface area contributed by atoms with E-state index in [0.29, 0.717) is 0 Å². The van der Waals surface area contributed by atoms with Crippen molar-refractivity contribution in [2.24, 2.45) is 0 Å². The molecule has 0 aliphatic heterocycles. The van der Waals surface area contributed by atoms with Crippen molar-refractivity contribution < 1.29 is 8.78 Å². The van der Waals surface area contributed by atoms with Crippen molar-refractivity contribution >= 4 is 38.4 Å². The predicted octanol–water partition coefficient (Wildman–Crippen LogP) is 2.62. The highest BCUT2D eigenvalue weighted by molar-refractivity contribution is 9.10. The molecule has 3 nitrogen and oxygen atoms in total. The molecule has 15 heavy (non-hydrogen) atoms. The van der Waals surface area contributed by atoms with Gasteiger partial charge in [0.05, 0.1) is 4.47 Å². The van der Waals surface area contributed by atoms with Crippen LogP contribution in [0.4, 0.5) is 8.78 Å². The molecular weight excluding hydrogens is 293 g/mol. The van der Waals surface area contributed by atoms with E-state index in [0.717, 1.165) is 6.07 Å². The Hall–Kier alpha value is -1.01. The number of H-pyrrole nitrogens is 1. The smallest absolute Gasteiger partial charge is 0.262 e. The second kappa shape index (κ2) is 3.53. The third-order valence-corrected chi connectivity index (χ3v) is 2.56. The lowest BCUT2D eigenvalue weighted by Gasteiger charge is -2.01. The molecule has 2 rings (SSSR count). The van der Waals surface area contributed by atoms with Gasteiger partial charge in [0.1, 0.15) is 16.7 Å². The molecule has 1 aromatic heterocycles. The number of hydrogen-bond acceptors (Lipinski definition) is 2. The minimum absolute atomic E-state index is 0.110. The summed E-state index contributed by atoms with van der Waals surface area (Å²) in [6.45, 7) is 0. The molecule has 0 aliphatic rings. The molecule has 1 aromatic carbocycles. The number of nitrogens with zero attached hydrogens (tertiary/aromatic N) is 1. The van der Waals surface area contributed by atoms with E-state index in [9.17, 15) is 13.6 Å². The Labute approximate surface area is 95.2 Å². The molecule has 78 valence electrons. The lowest BCUT2D eigenvalue weighted by Crippen LogP contribution is -2.11. The summed E-state index contributed by atoms with van der Waals surface area (Å²) >= 11 is 8.24. The monoisotopic (exact) mass is 294 g/mol. The lowest BCUT2D eigenvalue weighted by molar-refractivity contribution is 0.608. The number of aromatic amines is 1. The third kappa shape index (κ3) is 1.63. The lowest BCUT2D eigenvalue weighted by atomic mass is 10.2. The van der Waals surface area contributed by atoms with E-state index in [1.807, 2.05) is 0 Å². The summed E-state index contributed by atoms with van der Waals surface area (Å²) in [6, 6.07) is 0.864. The number of rotatable bonds is 0. The van der Waals surface area contributed by atoms with Crippen molar-refractivity contribution in [1.82, 2.24) is 9.97 Å². The Morgan fingerprint density at radius 3 is 2.80 bits per heavy atom. The molecule has 0 amide bonds. The van der Waals surface area contributed by atoms with Crippen molar-refractivity contribution in [1.29, 1.82) is 0 Å². The molecule has 2 aromatic rings. The molecule has 0 aliphatic carbocycles. The molecule has 0 bridgehead atoms. The largest absolute Gasteiger partial charge is 0.297 e. The second-order valence-electron chi connectivity index (χ2n) is 2.73. The highest BCUT2D eigenvalue weighted by Gasteiger charge is 2.15. The Kier molecular flexibility index (Phi) is 2.47. The average Bonchev–Trinajstić information content (AvgIpc) is 2.12. The van der Waals surface area contributed by atoms with Gasteiger partial charge in [-0.3, -0.25) is 9.78 Å². The fraction of sp³-hybridized carbons (Fsp3) is 0. The van der Waals surface area contributed by atoms with Gasteiger partial charge in [-0.1, -0.05) is 0 Å². The molecule has 0 unspecified atom stereocenters. The van der Waals surface area contributed by atoms with Gasteiger partial charge in [-0.25, -0.2) is 13.8 Å². The SMILES string of the molecule is O=c1[nH]c(Cl)nc2c(F)c(Br)cc(F)c12. The van der Waals surface area contributed by atoms with Gasteiger partial charge in [-0.05, 0) is 33.6 Å². The molecule has 0 atom stereocenters. The number of benzene rings is 1. The first-order valence-electron chi connectivity index (χ1n) is 3.73. The van der Waals surface area contributed by atoms with Crippen LogP contribution in [-0.2, 0) is 0 Å². The van der Waals surface area contributed by atoms with E-state index < -0.39 is 28.1 Å². The molecule has 0 spiro atoms. The minimum atomic E-state index is -0.858. The van der Waals surface area contributed by atoms with E-state index in [-0.39, 0.29) is 9.76 Å². The van der Waals surface area contributed by atoms with Crippen LogP contribution < -0.4 is 5.56 Å². The zero-order chi connectivity index (χ0) is 11.2. The maximum absolute atomic E-state index is 13.5. The minimum Gasteiger partial charge on any atom is -0.297 e. The van der Waals surface area contributed by atoms with Gasteiger partial charge in [-0.15, -0.1) is 0 Å². The molecule has 1 heterocycles. The number of nitrogens with one attached hydrogen (secondary N) is 1. The summed E-state index contributed by atoms with van der Waals surface area (Å²) in [5, 5.41) is -0.732. The van der Waals surface area contributed by atoms with Crippen LogP contribution in [0.3, 0.4) is 0 Å². The number of fused-ring (bicyclic) bond motifs is 1. The summed E-state index contributed by atoms with van der Waals surface area (Å²) in [4.78, 5) is 16.9. The summed E-state index contributed by atoms with van der Waals surface area (Å²) in [6.07, 6.45) is 0. The van der Waals surface area contributed by atoms with Crippen molar-refractivity contribution in [2.75, 3.05) is 0 Å². The molecule has 7 heteroatoms. The Morgan fingerprint density at radius 1 is 1.47 bits per heavy atom. The fourth-order valence-corrected chi connectivity index (χ4v) is 1.75.